The van der Waals surface area contributed by atoms with Crippen LogP contribution in [0.25, 0.3) is 0 Å². The van der Waals surface area contributed by atoms with Gasteiger partial charge in [-0.2, -0.15) is 0 Å². The monoisotopic (exact) mass is 189 g/mol. The second-order valence-corrected chi connectivity index (χ2v) is 3.90. The molecule has 0 aliphatic carbocycles. The highest BCUT2D eigenvalue weighted by Gasteiger charge is 2.08. The molecule has 0 unspecified atom stereocenters. The molecule has 0 fully saturated rings. The van der Waals surface area contributed by atoms with Crippen molar-refractivity contribution in [1.82, 2.24) is 0 Å². The van der Waals surface area contributed by atoms with Crippen LogP contribution in [0.1, 0.15) is 43.4 Å². The highest BCUT2D eigenvalue weighted by molar-refractivity contribution is 5.60. The second kappa shape index (κ2) is 4.94. The maximum atomic E-state index is 7.22. The van der Waals surface area contributed by atoms with Crippen LogP contribution in [-0.4, -0.2) is 6.21 Å². The third-order valence-electron chi connectivity index (χ3n) is 2.62. The number of hydrogen-bond donors (Lipinski definition) is 1. The predicted octanol–water partition coefficient (Wildman–Crippen LogP) is 3.56. The summed E-state index contributed by atoms with van der Waals surface area (Å²) >= 11 is 0. The van der Waals surface area contributed by atoms with Gasteiger partial charge >= 0.3 is 0 Å². The molecule has 0 aliphatic rings. The first-order valence-corrected chi connectivity index (χ1v) is 5.30. The van der Waals surface area contributed by atoms with Crippen molar-refractivity contribution in [2.75, 3.05) is 0 Å². The van der Waals surface area contributed by atoms with E-state index in [1.54, 1.807) is 0 Å². The molecule has 0 saturated heterocycles. The molecule has 1 nitrogen and oxygen atoms in total. The third kappa shape index (κ3) is 2.22. The van der Waals surface area contributed by atoms with Crippen LogP contribution in [0.3, 0.4) is 0 Å². The molecule has 1 heteroatoms. The lowest BCUT2D eigenvalue weighted by Crippen LogP contribution is -2.01. The van der Waals surface area contributed by atoms with Crippen LogP contribution in [0.2, 0.25) is 0 Å². The largest absolute Gasteiger partial charge is 0.313 e. The molecule has 0 aromatic heterocycles. The highest BCUT2D eigenvalue weighted by atomic mass is 14.3. The second-order valence-electron chi connectivity index (χ2n) is 3.90. The first-order chi connectivity index (χ1) is 6.70. The van der Waals surface area contributed by atoms with Crippen molar-refractivity contribution in [2.24, 2.45) is 0 Å². The normalized spacial score (nSPS) is 10.6. The summed E-state index contributed by atoms with van der Waals surface area (Å²) in [4.78, 5) is 0. The molecule has 0 bridgehead atoms. The van der Waals surface area contributed by atoms with Crippen molar-refractivity contribution >= 4 is 6.21 Å². The molecule has 0 saturated carbocycles. The summed E-state index contributed by atoms with van der Waals surface area (Å²) in [6, 6.07) is 6.48. The van der Waals surface area contributed by atoms with E-state index in [1.807, 2.05) is 0 Å². The maximum Gasteiger partial charge on any atom is 0.00770 e. The van der Waals surface area contributed by atoms with E-state index in [1.165, 1.54) is 22.9 Å². The average molecular weight is 189 g/mol. The summed E-state index contributed by atoms with van der Waals surface area (Å²) in [6.07, 6.45) is 3.33. The number of aryl methyl sites for hydroxylation is 1. The fraction of sp³-hybridized carbons (Fsp3) is 0.462. The van der Waals surface area contributed by atoms with Crippen molar-refractivity contribution in [3.63, 3.8) is 0 Å². The van der Waals surface area contributed by atoms with Gasteiger partial charge in [0.15, 0.2) is 0 Å². The van der Waals surface area contributed by atoms with Crippen LogP contribution in [0.15, 0.2) is 18.2 Å². The molecule has 0 heterocycles. The van der Waals surface area contributed by atoms with Crippen molar-refractivity contribution in [3.05, 3.63) is 34.9 Å². The van der Waals surface area contributed by atoms with Crippen molar-refractivity contribution in [3.8, 4) is 0 Å². The number of rotatable bonds is 4. The topological polar surface area (TPSA) is 23.9 Å². The zero-order valence-electron chi connectivity index (χ0n) is 9.30. The van der Waals surface area contributed by atoms with E-state index < -0.39 is 0 Å². The Morgan fingerprint density at radius 1 is 1.36 bits per heavy atom. The SMILES string of the molecule is CCc1cccc(C(C)C)c1CC=N. The van der Waals surface area contributed by atoms with Gasteiger partial charge in [-0.05, 0) is 35.2 Å². The number of benzene rings is 1. The molecule has 14 heavy (non-hydrogen) atoms. The number of nitrogens with one attached hydrogen (secondary N) is 1. The smallest absolute Gasteiger partial charge is 0.00770 e. The van der Waals surface area contributed by atoms with E-state index in [0.717, 1.165) is 12.8 Å². The molecule has 0 radical (unpaired) electrons. The third-order valence-corrected chi connectivity index (χ3v) is 2.62. The van der Waals surface area contributed by atoms with Gasteiger partial charge in [-0.15, -0.1) is 0 Å². The van der Waals surface area contributed by atoms with Gasteiger partial charge in [0.1, 0.15) is 0 Å². The van der Waals surface area contributed by atoms with Crippen LogP contribution in [0.4, 0.5) is 0 Å². The molecule has 0 atom stereocenters. The average Bonchev–Trinajstić information content (AvgIpc) is 2.18. The first kappa shape index (κ1) is 11.0. The van der Waals surface area contributed by atoms with E-state index in [-0.39, 0.29) is 0 Å². The van der Waals surface area contributed by atoms with Crippen molar-refractivity contribution in [1.29, 1.82) is 5.41 Å². The molecule has 0 aliphatic heterocycles. The van der Waals surface area contributed by atoms with E-state index in [9.17, 15) is 0 Å². The molecule has 1 N–H and O–H groups in total. The quantitative estimate of drug-likeness (QED) is 0.700. The van der Waals surface area contributed by atoms with Crippen LogP contribution < -0.4 is 0 Å². The zero-order valence-corrected chi connectivity index (χ0v) is 9.30. The van der Waals surface area contributed by atoms with E-state index in [4.69, 9.17) is 5.41 Å². The van der Waals surface area contributed by atoms with Gasteiger partial charge in [0, 0.05) is 6.42 Å². The van der Waals surface area contributed by atoms with E-state index in [2.05, 4.69) is 39.0 Å². The Hall–Kier alpha value is -1.11. The lowest BCUT2D eigenvalue weighted by molar-refractivity contribution is 0.846. The Morgan fingerprint density at radius 2 is 2.07 bits per heavy atom. The van der Waals surface area contributed by atoms with Crippen LogP contribution >= 0.6 is 0 Å². The number of hydrogen-bond acceptors (Lipinski definition) is 1. The van der Waals surface area contributed by atoms with Gasteiger partial charge in [0.05, 0.1) is 0 Å². The molecule has 76 valence electrons. The Bertz CT molecular complexity index is 313. The Labute approximate surface area is 86.7 Å². The summed E-state index contributed by atoms with van der Waals surface area (Å²) in [7, 11) is 0. The van der Waals surface area contributed by atoms with Gasteiger partial charge in [-0.3, -0.25) is 0 Å². The summed E-state index contributed by atoms with van der Waals surface area (Å²) in [5, 5.41) is 7.22. The first-order valence-electron chi connectivity index (χ1n) is 5.30. The minimum absolute atomic E-state index is 0.552. The lowest BCUT2D eigenvalue weighted by atomic mass is 9.91. The molecule has 1 aromatic rings. The molecular weight excluding hydrogens is 170 g/mol. The summed E-state index contributed by atoms with van der Waals surface area (Å²) in [5.74, 6) is 0.552. The van der Waals surface area contributed by atoms with E-state index in [0.29, 0.717) is 5.92 Å². The van der Waals surface area contributed by atoms with Crippen LogP contribution in [0.5, 0.6) is 0 Å². The van der Waals surface area contributed by atoms with Gasteiger partial charge in [0.2, 0.25) is 0 Å². The molecule has 1 aromatic carbocycles. The zero-order chi connectivity index (χ0) is 10.6. The maximum absolute atomic E-state index is 7.22. The summed E-state index contributed by atoms with van der Waals surface area (Å²) in [5.41, 5.74) is 4.15. The minimum Gasteiger partial charge on any atom is -0.313 e. The highest BCUT2D eigenvalue weighted by Crippen LogP contribution is 2.23. The lowest BCUT2D eigenvalue weighted by Gasteiger charge is -2.14. The Balaban J connectivity index is 3.20. The van der Waals surface area contributed by atoms with Crippen LogP contribution in [0, 0.1) is 5.41 Å². The predicted molar refractivity (Wildman–Crippen MR) is 62.4 cm³/mol. The fourth-order valence-electron chi connectivity index (χ4n) is 1.88. The molecular formula is C13H19N. The fourth-order valence-corrected chi connectivity index (χ4v) is 1.88. The summed E-state index contributed by atoms with van der Waals surface area (Å²) in [6.45, 7) is 6.59. The standard InChI is InChI=1S/C13H19N/c1-4-11-6-5-7-12(10(2)3)13(11)8-9-14/h5-7,9-10,14H,4,8H2,1-3H3. The molecule has 0 amide bonds. The van der Waals surface area contributed by atoms with Crippen LogP contribution in [-0.2, 0) is 12.8 Å². The van der Waals surface area contributed by atoms with Gasteiger partial charge in [0.25, 0.3) is 0 Å². The Kier molecular flexibility index (Phi) is 3.87. The summed E-state index contributed by atoms with van der Waals surface area (Å²) < 4.78 is 0. The molecule has 1 rings (SSSR count). The molecule has 0 spiro atoms. The van der Waals surface area contributed by atoms with Gasteiger partial charge < -0.3 is 5.41 Å². The minimum atomic E-state index is 0.552. The van der Waals surface area contributed by atoms with Crippen molar-refractivity contribution in [2.45, 2.75) is 39.5 Å². The van der Waals surface area contributed by atoms with Gasteiger partial charge in [-0.1, -0.05) is 39.0 Å². The van der Waals surface area contributed by atoms with Crippen molar-refractivity contribution < 1.29 is 0 Å². The van der Waals surface area contributed by atoms with Gasteiger partial charge in [-0.25, -0.2) is 0 Å². The Morgan fingerprint density at radius 3 is 2.57 bits per heavy atom. The van der Waals surface area contributed by atoms with E-state index >= 15 is 0 Å².